The van der Waals surface area contributed by atoms with E-state index in [1.54, 1.807) is 18.3 Å². The lowest BCUT2D eigenvalue weighted by molar-refractivity contribution is -0.131. The fourth-order valence-electron chi connectivity index (χ4n) is 3.30. The Hall–Kier alpha value is -2.48. The maximum Gasteiger partial charge on any atom is 0.268 e. The monoisotopic (exact) mass is 512 g/mol. The van der Waals surface area contributed by atoms with Crippen LogP contribution in [0, 0.1) is 21.8 Å². The van der Waals surface area contributed by atoms with Crippen molar-refractivity contribution in [3.05, 3.63) is 56.9 Å². The number of carbonyl (C=O) groups is 2. The Morgan fingerprint density at radius 1 is 1.38 bits per heavy atom. The largest absolute Gasteiger partial charge is 0.347 e. The molecule has 152 valence electrons. The van der Waals surface area contributed by atoms with Gasteiger partial charge in [0.05, 0.1) is 24.7 Å². The molecule has 9 heteroatoms. The molecule has 0 aliphatic carbocycles. The van der Waals surface area contributed by atoms with Gasteiger partial charge >= 0.3 is 0 Å². The number of aromatic nitrogens is 1. The van der Waals surface area contributed by atoms with Crippen molar-refractivity contribution in [3.63, 3.8) is 0 Å². The van der Waals surface area contributed by atoms with Gasteiger partial charge in [0.25, 0.3) is 11.8 Å². The number of aryl methyl sites for hydroxylation is 1. The molecule has 3 rings (SSSR count). The Balaban J connectivity index is 1.61. The minimum Gasteiger partial charge on any atom is -0.347 e. The summed E-state index contributed by atoms with van der Waals surface area (Å²) in [6.07, 6.45) is 1.01. The third-order valence-electron chi connectivity index (χ3n) is 4.76. The SMILES string of the molecule is Cc1cc(C(=O)NCC(=O)N2CC(F)(F)C[C@H]2C#N)cn1Cc1cccc(I)c1. The molecule has 1 aromatic carbocycles. The normalized spacial score (nSPS) is 17.8. The average Bonchev–Trinajstić information content (AvgIpc) is 3.18. The highest BCUT2D eigenvalue weighted by Crippen LogP contribution is 2.31. The summed E-state index contributed by atoms with van der Waals surface area (Å²) in [4.78, 5) is 25.4. The third-order valence-corrected chi connectivity index (χ3v) is 5.43. The van der Waals surface area contributed by atoms with E-state index >= 15 is 0 Å². The van der Waals surface area contributed by atoms with Gasteiger partial charge in [0, 0.05) is 28.4 Å². The number of alkyl halides is 2. The summed E-state index contributed by atoms with van der Waals surface area (Å²) in [6.45, 7) is 1.24. The van der Waals surface area contributed by atoms with E-state index in [9.17, 15) is 18.4 Å². The van der Waals surface area contributed by atoms with Crippen molar-refractivity contribution in [2.24, 2.45) is 0 Å². The van der Waals surface area contributed by atoms with Crippen molar-refractivity contribution in [1.29, 1.82) is 5.26 Å². The number of nitrogens with one attached hydrogen (secondary N) is 1. The summed E-state index contributed by atoms with van der Waals surface area (Å²) in [5, 5.41) is 11.4. The van der Waals surface area contributed by atoms with Crippen LogP contribution in [0.15, 0.2) is 36.5 Å². The zero-order valence-electron chi connectivity index (χ0n) is 15.7. The highest BCUT2D eigenvalue weighted by atomic mass is 127. The molecule has 1 atom stereocenters. The molecular formula is C20H19F2IN4O2. The topological polar surface area (TPSA) is 78.1 Å². The highest BCUT2D eigenvalue weighted by molar-refractivity contribution is 14.1. The van der Waals surface area contributed by atoms with E-state index in [4.69, 9.17) is 5.26 Å². The Labute approximate surface area is 180 Å². The fourth-order valence-corrected chi connectivity index (χ4v) is 3.90. The van der Waals surface area contributed by atoms with Crippen molar-refractivity contribution in [2.75, 3.05) is 13.1 Å². The molecule has 2 amide bonds. The third kappa shape index (κ3) is 5.12. The summed E-state index contributed by atoms with van der Waals surface area (Å²) in [5.41, 5.74) is 2.35. The molecule has 0 saturated carbocycles. The van der Waals surface area contributed by atoms with Crippen LogP contribution in [0.25, 0.3) is 0 Å². The number of likely N-dealkylation sites (tertiary alicyclic amines) is 1. The maximum absolute atomic E-state index is 13.5. The van der Waals surface area contributed by atoms with E-state index < -0.39 is 43.3 Å². The Kier molecular flexibility index (Phi) is 6.21. The van der Waals surface area contributed by atoms with Gasteiger partial charge in [-0.25, -0.2) is 8.78 Å². The highest BCUT2D eigenvalue weighted by Gasteiger charge is 2.47. The molecule has 2 aromatic rings. The van der Waals surface area contributed by atoms with Crippen LogP contribution in [0.4, 0.5) is 8.78 Å². The number of rotatable bonds is 5. The van der Waals surface area contributed by atoms with Crippen molar-refractivity contribution < 1.29 is 18.4 Å². The molecule has 1 fully saturated rings. The molecule has 2 heterocycles. The van der Waals surface area contributed by atoms with Crippen molar-refractivity contribution in [3.8, 4) is 6.07 Å². The minimum atomic E-state index is -3.08. The van der Waals surface area contributed by atoms with Gasteiger partial charge in [-0.3, -0.25) is 9.59 Å². The first kappa shape index (κ1) is 21.2. The van der Waals surface area contributed by atoms with E-state index in [1.807, 2.05) is 29.7 Å². The number of nitriles is 1. The van der Waals surface area contributed by atoms with E-state index in [2.05, 4.69) is 34.0 Å². The lowest BCUT2D eigenvalue weighted by Gasteiger charge is -2.19. The number of hydrogen-bond donors (Lipinski definition) is 1. The molecule has 0 unspecified atom stereocenters. The molecule has 29 heavy (non-hydrogen) atoms. The summed E-state index contributed by atoms with van der Waals surface area (Å²) in [5.74, 6) is -4.25. The lowest BCUT2D eigenvalue weighted by atomic mass is 10.2. The van der Waals surface area contributed by atoms with Gasteiger partial charge in [-0.15, -0.1) is 0 Å². The van der Waals surface area contributed by atoms with E-state index in [0.29, 0.717) is 12.1 Å². The first-order valence-electron chi connectivity index (χ1n) is 8.95. The zero-order valence-corrected chi connectivity index (χ0v) is 17.8. The Morgan fingerprint density at radius 2 is 2.14 bits per heavy atom. The van der Waals surface area contributed by atoms with Crippen LogP contribution in [0.5, 0.6) is 0 Å². The van der Waals surface area contributed by atoms with E-state index in [-0.39, 0.29) is 0 Å². The maximum atomic E-state index is 13.5. The molecule has 1 saturated heterocycles. The van der Waals surface area contributed by atoms with Crippen molar-refractivity contribution >= 4 is 34.4 Å². The fraction of sp³-hybridized carbons (Fsp3) is 0.350. The minimum absolute atomic E-state index is 0.379. The number of amides is 2. The lowest BCUT2D eigenvalue weighted by Crippen LogP contribution is -2.42. The van der Waals surface area contributed by atoms with Gasteiger partial charge < -0.3 is 14.8 Å². The standard InChI is InChI=1S/C20H19F2IN4O2/c1-13-5-15(11-26(13)10-14-3-2-4-16(23)6-14)19(29)25-9-18(28)27-12-20(21,22)7-17(27)8-24/h2-6,11,17H,7,9-10,12H2,1H3,(H,25,29)/t17-/m0/s1. The first-order chi connectivity index (χ1) is 13.7. The summed E-state index contributed by atoms with van der Waals surface area (Å²) < 4.78 is 30.0. The zero-order chi connectivity index (χ0) is 21.2. The van der Waals surface area contributed by atoms with Gasteiger partial charge in [-0.2, -0.15) is 5.26 Å². The molecule has 0 radical (unpaired) electrons. The predicted molar refractivity (Wildman–Crippen MR) is 110 cm³/mol. The predicted octanol–water partition coefficient (Wildman–Crippen LogP) is 2.94. The Bertz CT molecular complexity index is 983. The average molecular weight is 512 g/mol. The molecule has 6 nitrogen and oxygen atoms in total. The van der Waals surface area contributed by atoms with Crippen LogP contribution in [-0.4, -0.2) is 46.3 Å². The molecule has 1 aliphatic rings. The molecule has 0 bridgehead atoms. The van der Waals surface area contributed by atoms with E-state index in [0.717, 1.165) is 19.7 Å². The second kappa shape index (κ2) is 8.49. The van der Waals surface area contributed by atoms with Gasteiger partial charge in [-0.1, -0.05) is 12.1 Å². The second-order valence-electron chi connectivity index (χ2n) is 7.04. The second-order valence-corrected chi connectivity index (χ2v) is 8.28. The van der Waals surface area contributed by atoms with Gasteiger partial charge in [-0.05, 0) is 53.3 Å². The molecule has 1 aliphatic heterocycles. The van der Waals surface area contributed by atoms with Crippen LogP contribution in [-0.2, 0) is 11.3 Å². The Morgan fingerprint density at radius 3 is 2.83 bits per heavy atom. The number of nitrogens with zero attached hydrogens (tertiary/aromatic N) is 3. The smallest absolute Gasteiger partial charge is 0.268 e. The summed E-state index contributed by atoms with van der Waals surface area (Å²) in [6, 6.07) is 10.3. The van der Waals surface area contributed by atoms with E-state index in [1.165, 1.54) is 0 Å². The van der Waals surface area contributed by atoms with Gasteiger partial charge in [0.15, 0.2) is 0 Å². The van der Waals surface area contributed by atoms with Crippen LogP contribution < -0.4 is 5.32 Å². The van der Waals surface area contributed by atoms with Crippen molar-refractivity contribution in [1.82, 2.24) is 14.8 Å². The van der Waals surface area contributed by atoms with Crippen LogP contribution in [0.3, 0.4) is 0 Å². The number of carbonyl (C=O) groups excluding carboxylic acids is 2. The molecule has 1 aromatic heterocycles. The molecule has 1 N–H and O–H groups in total. The van der Waals surface area contributed by atoms with Crippen LogP contribution in [0.1, 0.15) is 28.0 Å². The number of benzene rings is 1. The van der Waals surface area contributed by atoms with Gasteiger partial charge in [0.1, 0.15) is 6.04 Å². The number of hydrogen-bond acceptors (Lipinski definition) is 3. The van der Waals surface area contributed by atoms with Crippen LogP contribution >= 0.6 is 22.6 Å². The molecular weight excluding hydrogens is 493 g/mol. The van der Waals surface area contributed by atoms with Crippen molar-refractivity contribution in [2.45, 2.75) is 31.9 Å². The summed E-state index contributed by atoms with van der Waals surface area (Å²) in [7, 11) is 0. The van der Waals surface area contributed by atoms with Gasteiger partial charge in [0.2, 0.25) is 5.91 Å². The van der Waals surface area contributed by atoms with Crippen LogP contribution in [0.2, 0.25) is 0 Å². The number of halogens is 3. The first-order valence-corrected chi connectivity index (χ1v) is 10.0. The summed E-state index contributed by atoms with van der Waals surface area (Å²) >= 11 is 2.24. The molecule has 0 spiro atoms. The quantitative estimate of drug-likeness (QED) is 0.627.